The van der Waals surface area contributed by atoms with Crippen molar-refractivity contribution in [2.75, 3.05) is 11.9 Å². The number of hydrogen-bond donors (Lipinski definition) is 2. The van der Waals surface area contributed by atoms with Crippen LogP contribution in [0.2, 0.25) is 25.7 Å². The van der Waals surface area contributed by atoms with Crippen LogP contribution < -0.4 is 10.9 Å². The molecule has 23 heavy (non-hydrogen) atoms. The van der Waals surface area contributed by atoms with Gasteiger partial charge < -0.3 is 9.84 Å². The lowest BCUT2D eigenvalue weighted by atomic mass is 10.3. The number of carboxylic acid groups (broad SMARTS) is 1. The SMILES string of the molecule is C[Si](C)(C)CCOCn1nc(NC(=O)O)cc(C(F)(F)F)c1=O. The van der Waals surface area contributed by atoms with Crippen LogP contribution in [0.5, 0.6) is 0 Å². The van der Waals surface area contributed by atoms with Crippen molar-refractivity contribution in [2.24, 2.45) is 0 Å². The number of amides is 1. The molecule has 1 aromatic rings. The number of anilines is 1. The predicted octanol–water partition coefficient (Wildman–Crippen LogP) is 2.66. The summed E-state index contributed by atoms with van der Waals surface area (Å²) in [6, 6.07) is 1.12. The Kier molecular flexibility index (Phi) is 5.94. The van der Waals surface area contributed by atoms with Crippen LogP contribution in [-0.4, -0.2) is 35.7 Å². The molecule has 1 aromatic heterocycles. The van der Waals surface area contributed by atoms with E-state index in [2.05, 4.69) is 24.7 Å². The zero-order chi connectivity index (χ0) is 17.8. The highest BCUT2D eigenvalue weighted by molar-refractivity contribution is 6.76. The van der Waals surface area contributed by atoms with Crippen molar-refractivity contribution < 1.29 is 27.8 Å². The van der Waals surface area contributed by atoms with E-state index in [-0.39, 0.29) is 6.61 Å². The Hall–Kier alpha value is -1.88. The van der Waals surface area contributed by atoms with Crippen molar-refractivity contribution in [1.82, 2.24) is 9.78 Å². The number of hydrogen-bond acceptors (Lipinski definition) is 4. The first-order chi connectivity index (χ1) is 10.4. The van der Waals surface area contributed by atoms with Gasteiger partial charge in [0.05, 0.1) is 0 Å². The molecular weight excluding hydrogens is 335 g/mol. The third-order valence-corrected chi connectivity index (χ3v) is 4.43. The molecule has 0 saturated carbocycles. The fraction of sp³-hybridized carbons (Fsp3) is 0.583. The van der Waals surface area contributed by atoms with Gasteiger partial charge in [-0.1, -0.05) is 19.6 Å². The van der Waals surface area contributed by atoms with Crippen molar-refractivity contribution >= 4 is 20.0 Å². The van der Waals surface area contributed by atoms with E-state index in [4.69, 9.17) is 9.84 Å². The normalized spacial score (nSPS) is 12.3. The molecule has 0 saturated heterocycles. The Morgan fingerprint density at radius 1 is 1.43 bits per heavy atom. The van der Waals surface area contributed by atoms with E-state index in [0.717, 1.165) is 6.04 Å². The Bertz CT molecular complexity index is 625. The Morgan fingerprint density at radius 3 is 2.52 bits per heavy atom. The first kappa shape index (κ1) is 19.2. The van der Waals surface area contributed by atoms with Gasteiger partial charge in [-0.25, -0.2) is 9.48 Å². The summed E-state index contributed by atoms with van der Waals surface area (Å²) in [6.45, 7) is 6.09. The Labute approximate surface area is 131 Å². The van der Waals surface area contributed by atoms with Gasteiger partial charge in [-0.05, 0) is 6.04 Å². The molecule has 0 fully saturated rings. The Balaban J connectivity index is 3.00. The molecule has 1 heterocycles. The molecular formula is C12H18F3N3O4Si. The van der Waals surface area contributed by atoms with Gasteiger partial charge in [-0.2, -0.15) is 13.2 Å². The molecule has 0 aliphatic rings. The standard InChI is InChI=1S/C12H18F3N3O4Si/c1-23(2,3)5-4-22-7-18-10(19)8(12(13,14)15)6-9(17-18)16-11(20)21/h6H,4-5,7H2,1-3H3,(H,16,17)(H,20,21). The molecule has 0 aliphatic heterocycles. The van der Waals surface area contributed by atoms with Gasteiger partial charge >= 0.3 is 12.3 Å². The van der Waals surface area contributed by atoms with Gasteiger partial charge in [-0.15, -0.1) is 5.10 Å². The van der Waals surface area contributed by atoms with Gasteiger partial charge in [0.2, 0.25) is 0 Å². The largest absolute Gasteiger partial charge is 0.465 e. The van der Waals surface area contributed by atoms with E-state index in [9.17, 15) is 22.8 Å². The van der Waals surface area contributed by atoms with Crippen molar-refractivity contribution in [1.29, 1.82) is 0 Å². The summed E-state index contributed by atoms with van der Waals surface area (Å²) in [5.41, 5.74) is -2.90. The smallest absolute Gasteiger partial charge is 0.421 e. The molecule has 11 heteroatoms. The molecule has 0 aliphatic carbocycles. The minimum atomic E-state index is -4.92. The van der Waals surface area contributed by atoms with Gasteiger partial charge in [-0.3, -0.25) is 10.1 Å². The number of nitrogens with zero attached hydrogens (tertiary/aromatic N) is 2. The van der Waals surface area contributed by atoms with E-state index in [1.54, 1.807) is 5.32 Å². The fourth-order valence-corrected chi connectivity index (χ4v) is 2.29. The van der Waals surface area contributed by atoms with Crippen LogP contribution in [-0.2, 0) is 17.6 Å². The molecule has 2 N–H and O–H groups in total. The molecule has 0 radical (unpaired) electrons. The third-order valence-electron chi connectivity index (χ3n) is 2.72. The quantitative estimate of drug-likeness (QED) is 0.606. The minimum absolute atomic E-state index is 0.280. The van der Waals surface area contributed by atoms with Gasteiger partial charge in [0.15, 0.2) is 5.82 Å². The predicted molar refractivity (Wildman–Crippen MR) is 79.3 cm³/mol. The van der Waals surface area contributed by atoms with E-state index in [0.29, 0.717) is 10.7 Å². The number of alkyl halides is 3. The topological polar surface area (TPSA) is 93.4 Å². The molecule has 0 spiro atoms. The van der Waals surface area contributed by atoms with Crippen LogP contribution >= 0.6 is 0 Å². The molecule has 0 unspecified atom stereocenters. The highest BCUT2D eigenvalue weighted by Crippen LogP contribution is 2.27. The summed E-state index contributed by atoms with van der Waals surface area (Å²) >= 11 is 0. The van der Waals surface area contributed by atoms with E-state index in [1.807, 2.05) is 0 Å². The first-order valence-corrected chi connectivity index (χ1v) is 10.4. The highest BCUT2D eigenvalue weighted by Gasteiger charge is 2.35. The van der Waals surface area contributed by atoms with Crippen molar-refractivity contribution in [3.8, 4) is 0 Å². The maximum atomic E-state index is 12.8. The third kappa shape index (κ3) is 6.40. The van der Waals surface area contributed by atoms with Crippen molar-refractivity contribution in [3.63, 3.8) is 0 Å². The molecule has 0 bridgehead atoms. The van der Waals surface area contributed by atoms with Gasteiger partial charge in [0.1, 0.15) is 12.3 Å². The summed E-state index contributed by atoms with van der Waals surface area (Å²) in [5.74, 6) is -0.599. The second kappa shape index (κ2) is 7.13. The number of rotatable bonds is 6. The maximum Gasteiger partial charge on any atom is 0.421 e. The van der Waals surface area contributed by atoms with E-state index in [1.165, 1.54) is 0 Å². The van der Waals surface area contributed by atoms with Gasteiger partial charge in [0.25, 0.3) is 5.56 Å². The summed E-state index contributed by atoms with van der Waals surface area (Å²) in [5, 5.41) is 13.8. The lowest BCUT2D eigenvalue weighted by Crippen LogP contribution is -2.33. The average Bonchev–Trinajstić information content (AvgIpc) is 2.34. The van der Waals surface area contributed by atoms with Crippen LogP contribution in [0.4, 0.5) is 23.8 Å². The number of nitrogens with one attached hydrogen (secondary N) is 1. The van der Waals surface area contributed by atoms with Crippen molar-refractivity contribution in [3.05, 3.63) is 22.0 Å². The van der Waals surface area contributed by atoms with Crippen LogP contribution in [0.25, 0.3) is 0 Å². The average molecular weight is 353 g/mol. The molecule has 0 aromatic carbocycles. The fourth-order valence-electron chi connectivity index (χ4n) is 1.53. The summed E-state index contributed by atoms with van der Waals surface area (Å²) in [6.07, 6.45) is -6.51. The summed E-state index contributed by atoms with van der Waals surface area (Å²) in [7, 11) is -1.39. The number of ether oxygens (including phenoxy) is 1. The van der Waals surface area contributed by atoms with Crippen LogP contribution in [0.3, 0.4) is 0 Å². The Morgan fingerprint density at radius 2 is 2.04 bits per heavy atom. The highest BCUT2D eigenvalue weighted by atomic mass is 28.3. The molecule has 1 amide bonds. The zero-order valence-corrected chi connectivity index (χ0v) is 13.9. The zero-order valence-electron chi connectivity index (χ0n) is 12.9. The molecule has 7 nitrogen and oxygen atoms in total. The molecule has 130 valence electrons. The second-order valence-corrected chi connectivity index (χ2v) is 11.6. The summed E-state index contributed by atoms with van der Waals surface area (Å²) in [4.78, 5) is 22.3. The monoisotopic (exact) mass is 353 g/mol. The molecule has 1 rings (SSSR count). The number of carbonyl (C=O) groups is 1. The van der Waals surface area contributed by atoms with Crippen LogP contribution in [0.15, 0.2) is 10.9 Å². The second-order valence-electron chi connectivity index (χ2n) is 6.02. The van der Waals surface area contributed by atoms with E-state index >= 15 is 0 Å². The lowest BCUT2D eigenvalue weighted by Gasteiger charge is -2.16. The van der Waals surface area contributed by atoms with Crippen molar-refractivity contribution in [2.45, 2.75) is 38.6 Å². The van der Waals surface area contributed by atoms with Crippen LogP contribution in [0, 0.1) is 0 Å². The number of halogens is 3. The molecule has 0 atom stereocenters. The van der Waals surface area contributed by atoms with Crippen LogP contribution in [0.1, 0.15) is 5.56 Å². The maximum absolute atomic E-state index is 12.8. The minimum Gasteiger partial charge on any atom is -0.465 e. The lowest BCUT2D eigenvalue weighted by molar-refractivity contribution is -0.139. The van der Waals surface area contributed by atoms with Gasteiger partial charge in [0, 0.05) is 20.7 Å². The first-order valence-electron chi connectivity index (χ1n) is 6.67. The number of aromatic nitrogens is 2. The summed E-state index contributed by atoms with van der Waals surface area (Å²) < 4.78 is 44.2. The van der Waals surface area contributed by atoms with E-state index < -0.39 is 44.0 Å².